The van der Waals surface area contributed by atoms with Gasteiger partial charge in [-0.15, -0.1) is 11.3 Å². The Bertz CT molecular complexity index is 1100. The number of rotatable bonds is 4. The summed E-state index contributed by atoms with van der Waals surface area (Å²) < 4.78 is 1.49. The van der Waals surface area contributed by atoms with Crippen molar-refractivity contribution in [1.29, 1.82) is 0 Å². The monoisotopic (exact) mass is 415 g/mol. The summed E-state index contributed by atoms with van der Waals surface area (Å²) in [6.07, 6.45) is 3.02. The number of hydrogen-bond donors (Lipinski definition) is 1. The number of thiophene rings is 1. The van der Waals surface area contributed by atoms with Crippen molar-refractivity contribution in [3.63, 3.8) is 0 Å². The predicted octanol–water partition coefficient (Wildman–Crippen LogP) is 3.86. The number of benzene rings is 1. The van der Waals surface area contributed by atoms with E-state index < -0.39 is 0 Å². The summed E-state index contributed by atoms with van der Waals surface area (Å²) in [6, 6.07) is 7.31. The standard InChI is InChI=1S/C21H22ClN3O2S/c1-12-3-8-16-17(9-12)28-20-19(16)21(27)25(13(2)24-20)11-18(26)23-10-14-4-6-15(22)7-5-14/h4-7,12H,3,8-11H2,1-2H3,(H,23,26)/t12-/m1/s1. The van der Waals surface area contributed by atoms with Crippen molar-refractivity contribution < 1.29 is 4.79 Å². The van der Waals surface area contributed by atoms with E-state index in [2.05, 4.69) is 17.2 Å². The van der Waals surface area contributed by atoms with Crippen molar-refractivity contribution >= 4 is 39.1 Å². The highest BCUT2D eigenvalue weighted by Gasteiger charge is 2.24. The van der Waals surface area contributed by atoms with Gasteiger partial charge >= 0.3 is 0 Å². The summed E-state index contributed by atoms with van der Waals surface area (Å²) in [5.74, 6) is 1.01. The summed E-state index contributed by atoms with van der Waals surface area (Å²) in [6.45, 7) is 4.40. The van der Waals surface area contributed by atoms with Gasteiger partial charge in [-0.2, -0.15) is 0 Å². The third-order valence-electron chi connectivity index (χ3n) is 5.31. The lowest BCUT2D eigenvalue weighted by molar-refractivity contribution is -0.121. The van der Waals surface area contributed by atoms with E-state index in [1.807, 2.05) is 12.1 Å². The maximum atomic E-state index is 13.1. The topological polar surface area (TPSA) is 64.0 Å². The van der Waals surface area contributed by atoms with E-state index in [9.17, 15) is 9.59 Å². The molecule has 2 heterocycles. The minimum absolute atomic E-state index is 0.0256. The van der Waals surface area contributed by atoms with E-state index in [-0.39, 0.29) is 18.0 Å². The summed E-state index contributed by atoms with van der Waals surface area (Å²) >= 11 is 7.51. The van der Waals surface area contributed by atoms with E-state index in [0.29, 0.717) is 28.7 Å². The minimum Gasteiger partial charge on any atom is -0.350 e. The molecule has 1 aliphatic rings. The van der Waals surface area contributed by atoms with Crippen LogP contribution >= 0.6 is 22.9 Å². The minimum atomic E-state index is -0.209. The molecule has 0 radical (unpaired) electrons. The lowest BCUT2D eigenvalue weighted by Crippen LogP contribution is -2.33. The van der Waals surface area contributed by atoms with E-state index in [1.165, 1.54) is 9.44 Å². The second kappa shape index (κ2) is 7.68. The molecule has 28 heavy (non-hydrogen) atoms. The fraction of sp³-hybridized carbons (Fsp3) is 0.381. The van der Waals surface area contributed by atoms with Crippen LogP contribution < -0.4 is 10.9 Å². The molecule has 0 fully saturated rings. The van der Waals surface area contributed by atoms with Crippen LogP contribution in [-0.4, -0.2) is 15.5 Å². The first-order chi connectivity index (χ1) is 13.4. The normalized spacial score (nSPS) is 16.2. The lowest BCUT2D eigenvalue weighted by atomic mass is 9.89. The Labute approximate surface area is 172 Å². The molecule has 0 spiro atoms. The summed E-state index contributed by atoms with van der Waals surface area (Å²) in [4.78, 5) is 32.3. The molecule has 0 saturated carbocycles. The zero-order chi connectivity index (χ0) is 19.8. The van der Waals surface area contributed by atoms with Crippen molar-refractivity contribution in [2.24, 2.45) is 5.92 Å². The van der Waals surface area contributed by atoms with Gasteiger partial charge < -0.3 is 5.32 Å². The average molecular weight is 416 g/mol. The molecule has 146 valence electrons. The number of nitrogens with zero attached hydrogens (tertiary/aromatic N) is 2. The van der Waals surface area contributed by atoms with Crippen LogP contribution in [0.25, 0.3) is 10.2 Å². The second-order valence-electron chi connectivity index (χ2n) is 7.49. The van der Waals surface area contributed by atoms with Gasteiger partial charge in [-0.3, -0.25) is 14.2 Å². The molecule has 5 nitrogen and oxygen atoms in total. The van der Waals surface area contributed by atoms with Crippen molar-refractivity contribution in [3.8, 4) is 0 Å². The Kier molecular flexibility index (Phi) is 5.25. The van der Waals surface area contributed by atoms with Gasteiger partial charge in [-0.1, -0.05) is 30.7 Å². The molecule has 2 aromatic heterocycles. The van der Waals surface area contributed by atoms with Gasteiger partial charge in [-0.25, -0.2) is 4.98 Å². The van der Waals surface area contributed by atoms with E-state index in [0.717, 1.165) is 35.2 Å². The van der Waals surface area contributed by atoms with Crippen LogP contribution in [-0.2, 0) is 30.7 Å². The molecule has 1 aromatic carbocycles. The predicted molar refractivity (Wildman–Crippen MR) is 113 cm³/mol. The molecular weight excluding hydrogens is 394 g/mol. The highest BCUT2D eigenvalue weighted by molar-refractivity contribution is 7.18. The maximum Gasteiger partial charge on any atom is 0.263 e. The number of carbonyl (C=O) groups is 1. The molecule has 1 amide bonds. The Morgan fingerprint density at radius 3 is 2.86 bits per heavy atom. The first-order valence-electron chi connectivity index (χ1n) is 9.45. The van der Waals surface area contributed by atoms with Crippen molar-refractivity contribution in [2.75, 3.05) is 0 Å². The first-order valence-corrected chi connectivity index (χ1v) is 10.6. The fourth-order valence-corrected chi connectivity index (χ4v) is 5.26. The van der Waals surface area contributed by atoms with Crippen LogP contribution in [0, 0.1) is 12.8 Å². The molecule has 0 unspecified atom stereocenters. The largest absolute Gasteiger partial charge is 0.350 e. The van der Waals surface area contributed by atoms with Gasteiger partial charge in [0.2, 0.25) is 5.91 Å². The number of halogens is 1. The number of aryl methyl sites for hydroxylation is 2. The molecule has 0 aliphatic heterocycles. The van der Waals surface area contributed by atoms with Gasteiger partial charge in [0.25, 0.3) is 5.56 Å². The van der Waals surface area contributed by atoms with Gasteiger partial charge in [0.15, 0.2) is 0 Å². The summed E-state index contributed by atoms with van der Waals surface area (Å²) in [7, 11) is 0. The number of fused-ring (bicyclic) bond motifs is 3. The van der Waals surface area contributed by atoms with E-state index >= 15 is 0 Å². The Morgan fingerprint density at radius 1 is 1.36 bits per heavy atom. The molecule has 1 atom stereocenters. The Morgan fingerprint density at radius 2 is 2.11 bits per heavy atom. The molecule has 4 rings (SSSR count). The number of amides is 1. The third kappa shape index (κ3) is 3.71. The van der Waals surface area contributed by atoms with Crippen molar-refractivity contribution in [2.45, 2.75) is 46.2 Å². The van der Waals surface area contributed by atoms with Crippen molar-refractivity contribution in [1.82, 2.24) is 14.9 Å². The zero-order valence-electron chi connectivity index (χ0n) is 15.9. The van der Waals surface area contributed by atoms with Gasteiger partial charge in [0.1, 0.15) is 17.2 Å². The highest BCUT2D eigenvalue weighted by atomic mass is 35.5. The maximum absolute atomic E-state index is 13.1. The van der Waals surface area contributed by atoms with Crippen molar-refractivity contribution in [3.05, 3.63) is 61.5 Å². The van der Waals surface area contributed by atoms with Crippen LogP contribution in [0.4, 0.5) is 0 Å². The molecule has 1 N–H and O–H groups in total. The number of aromatic nitrogens is 2. The highest BCUT2D eigenvalue weighted by Crippen LogP contribution is 2.35. The lowest BCUT2D eigenvalue weighted by Gasteiger charge is -2.17. The van der Waals surface area contributed by atoms with Gasteiger partial charge in [-0.05, 0) is 55.4 Å². The summed E-state index contributed by atoms with van der Waals surface area (Å²) in [5.41, 5.74) is 2.00. The number of nitrogens with one attached hydrogen (secondary N) is 1. The zero-order valence-corrected chi connectivity index (χ0v) is 17.5. The van der Waals surface area contributed by atoms with Gasteiger partial charge in [0, 0.05) is 16.4 Å². The average Bonchev–Trinajstić information content (AvgIpc) is 3.01. The van der Waals surface area contributed by atoms with Crippen LogP contribution in [0.2, 0.25) is 5.02 Å². The van der Waals surface area contributed by atoms with Crippen LogP contribution in [0.3, 0.4) is 0 Å². The molecule has 0 saturated heterocycles. The first kappa shape index (κ1) is 19.2. The number of carbonyl (C=O) groups excluding carboxylic acids is 1. The Balaban J connectivity index is 1.57. The molecule has 1 aliphatic carbocycles. The molecule has 0 bridgehead atoms. The SMILES string of the molecule is Cc1nc2sc3c(c2c(=O)n1CC(=O)NCc1ccc(Cl)cc1)CC[C@@H](C)C3. The van der Waals surface area contributed by atoms with Crippen LogP contribution in [0.1, 0.15) is 35.2 Å². The second-order valence-corrected chi connectivity index (χ2v) is 9.01. The van der Waals surface area contributed by atoms with Crippen LogP contribution in [0.15, 0.2) is 29.1 Å². The smallest absolute Gasteiger partial charge is 0.263 e. The quantitative estimate of drug-likeness (QED) is 0.703. The molecule has 7 heteroatoms. The molecule has 3 aromatic rings. The number of hydrogen-bond acceptors (Lipinski definition) is 4. The van der Waals surface area contributed by atoms with Crippen LogP contribution in [0.5, 0.6) is 0 Å². The summed E-state index contributed by atoms with van der Waals surface area (Å²) in [5, 5.41) is 4.23. The molecular formula is C21H22ClN3O2S. The fourth-order valence-electron chi connectivity index (χ4n) is 3.71. The van der Waals surface area contributed by atoms with E-state index in [1.54, 1.807) is 30.4 Å². The van der Waals surface area contributed by atoms with Gasteiger partial charge in [0.05, 0.1) is 5.39 Å². The van der Waals surface area contributed by atoms with E-state index in [4.69, 9.17) is 11.6 Å². The third-order valence-corrected chi connectivity index (χ3v) is 6.71. The Hall–Kier alpha value is -2.18.